The van der Waals surface area contributed by atoms with Crippen molar-refractivity contribution in [2.24, 2.45) is 5.92 Å². The summed E-state index contributed by atoms with van der Waals surface area (Å²) < 4.78 is 1.93. The molecule has 106 valence electrons. The lowest BCUT2D eigenvalue weighted by atomic mass is 9.97. The van der Waals surface area contributed by atoms with Gasteiger partial charge in [0.2, 0.25) is 0 Å². The Hall–Kier alpha value is -1.98. The summed E-state index contributed by atoms with van der Waals surface area (Å²) in [5, 5.41) is 7.90. The average molecular weight is 272 g/mol. The molecule has 0 spiro atoms. The second-order valence-corrected chi connectivity index (χ2v) is 5.47. The van der Waals surface area contributed by atoms with Crippen molar-refractivity contribution in [2.45, 2.75) is 33.2 Å². The summed E-state index contributed by atoms with van der Waals surface area (Å²) in [5.41, 5.74) is 1.04. The van der Waals surface area contributed by atoms with Crippen LogP contribution in [0.5, 0.6) is 0 Å². The molecule has 0 amide bonds. The number of nitrogens with zero attached hydrogens (tertiary/aromatic N) is 6. The molecule has 0 unspecified atom stereocenters. The summed E-state index contributed by atoms with van der Waals surface area (Å²) in [5.74, 6) is 2.59. The van der Waals surface area contributed by atoms with Gasteiger partial charge in [0.25, 0.3) is 0 Å². The molecule has 0 aromatic carbocycles. The highest BCUT2D eigenvalue weighted by Crippen LogP contribution is 2.23. The number of piperidine rings is 1. The van der Waals surface area contributed by atoms with E-state index >= 15 is 0 Å². The quantitative estimate of drug-likeness (QED) is 0.849. The molecule has 2 aromatic rings. The fraction of sp³-hybridized carbons (Fsp3) is 0.571. The van der Waals surface area contributed by atoms with Crippen molar-refractivity contribution >= 4 is 5.82 Å². The molecule has 6 nitrogen and oxygen atoms in total. The third-order valence-corrected chi connectivity index (χ3v) is 3.81. The summed E-state index contributed by atoms with van der Waals surface area (Å²) in [4.78, 5) is 11.2. The van der Waals surface area contributed by atoms with Crippen molar-refractivity contribution in [2.75, 3.05) is 18.0 Å². The van der Waals surface area contributed by atoms with Gasteiger partial charge < -0.3 is 4.90 Å². The Kier molecular flexibility index (Phi) is 3.62. The maximum atomic E-state index is 4.55. The Morgan fingerprint density at radius 1 is 1.20 bits per heavy atom. The van der Waals surface area contributed by atoms with Crippen LogP contribution in [-0.4, -0.2) is 38.1 Å². The van der Waals surface area contributed by atoms with Gasteiger partial charge in [-0.05, 0) is 32.6 Å². The van der Waals surface area contributed by atoms with Crippen molar-refractivity contribution in [3.05, 3.63) is 30.0 Å². The molecule has 0 aliphatic carbocycles. The molecule has 6 heteroatoms. The van der Waals surface area contributed by atoms with Crippen LogP contribution in [0.3, 0.4) is 0 Å². The Morgan fingerprint density at radius 3 is 2.65 bits per heavy atom. The van der Waals surface area contributed by atoms with Crippen LogP contribution in [0.4, 0.5) is 5.82 Å². The lowest BCUT2D eigenvalue weighted by Gasteiger charge is -2.32. The van der Waals surface area contributed by atoms with Gasteiger partial charge in [-0.15, -0.1) is 5.10 Å². The first-order chi connectivity index (χ1) is 9.70. The molecule has 0 saturated carbocycles. The van der Waals surface area contributed by atoms with E-state index in [0.29, 0.717) is 5.92 Å². The smallest absolute Gasteiger partial charge is 0.132 e. The third-order valence-electron chi connectivity index (χ3n) is 3.81. The molecular weight excluding hydrogens is 252 g/mol. The van der Waals surface area contributed by atoms with E-state index in [1.165, 1.54) is 12.8 Å². The van der Waals surface area contributed by atoms with Crippen molar-refractivity contribution in [1.29, 1.82) is 0 Å². The highest BCUT2D eigenvalue weighted by Gasteiger charge is 2.21. The highest BCUT2D eigenvalue weighted by atomic mass is 15.4. The normalized spacial score (nSPS) is 16.6. The predicted octanol–water partition coefficient (Wildman–Crippen LogP) is 1.60. The summed E-state index contributed by atoms with van der Waals surface area (Å²) in [6, 6.07) is 2.07. The average Bonchev–Trinajstić information content (AvgIpc) is 2.91. The van der Waals surface area contributed by atoms with E-state index in [1.54, 1.807) is 6.20 Å². The molecule has 1 aliphatic rings. The van der Waals surface area contributed by atoms with E-state index in [-0.39, 0.29) is 0 Å². The molecule has 3 rings (SSSR count). The molecule has 0 radical (unpaired) electrons. The van der Waals surface area contributed by atoms with Gasteiger partial charge in [0.15, 0.2) is 0 Å². The molecule has 0 bridgehead atoms. The summed E-state index contributed by atoms with van der Waals surface area (Å²) in [6.45, 7) is 7.05. The Morgan fingerprint density at radius 2 is 2.00 bits per heavy atom. The molecule has 20 heavy (non-hydrogen) atoms. The zero-order valence-corrected chi connectivity index (χ0v) is 12.0. The molecule has 0 atom stereocenters. The first kappa shape index (κ1) is 13.0. The van der Waals surface area contributed by atoms with E-state index in [0.717, 1.165) is 37.0 Å². The van der Waals surface area contributed by atoms with Crippen molar-refractivity contribution < 1.29 is 0 Å². The van der Waals surface area contributed by atoms with Gasteiger partial charge in [-0.2, -0.15) is 0 Å². The minimum atomic E-state index is 0.678. The predicted molar refractivity (Wildman–Crippen MR) is 76.5 cm³/mol. The third kappa shape index (κ3) is 2.95. The van der Waals surface area contributed by atoms with Gasteiger partial charge in [-0.1, -0.05) is 5.21 Å². The molecule has 1 fully saturated rings. The van der Waals surface area contributed by atoms with Crippen LogP contribution in [-0.2, 0) is 6.54 Å². The van der Waals surface area contributed by atoms with Crippen molar-refractivity contribution in [1.82, 2.24) is 25.0 Å². The van der Waals surface area contributed by atoms with Gasteiger partial charge in [-0.3, -0.25) is 4.68 Å². The molecule has 1 saturated heterocycles. The van der Waals surface area contributed by atoms with Crippen LogP contribution in [0.1, 0.15) is 24.4 Å². The second-order valence-electron chi connectivity index (χ2n) is 5.47. The van der Waals surface area contributed by atoms with Gasteiger partial charge >= 0.3 is 0 Å². The summed E-state index contributed by atoms with van der Waals surface area (Å²) in [6.07, 6.45) is 6.01. The van der Waals surface area contributed by atoms with Crippen LogP contribution in [0.2, 0.25) is 0 Å². The number of anilines is 1. The van der Waals surface area contributed by atoms with E-state index < -0.39 is 0 Å². The molecule has 2 aromatic heterocycles. The van der Waals surface area contributed by atoms with Crippen LogP contribution in [0.25, 0.3) is 0 Å². The van der Waals surface area contributed by atoms with E-state index in [1.807, 2.05) is 24.7 Å². The molecule has 1 aliphatic heterocycles. The Labute approximate surface area is 118 Å². The number of aryl methyl sites for hydroxylation is 2. The summed E-state index contributed by atoms with van der Waals surface area (Å²) >= 11 is 0. The monoisotopic (exact) mass is 272 g/mol. The number of rotatable bonds is 3. The maximum Gasteiger partial charge on any atom is 0.132 e. The lowest BCUT2D eigenvalue weighted by molar-refractivity contribution is 0.338. The number of hydrogen-bond acceptors (Lipinski definition) is 5. The van der Waals surface area contributed by atoms with Crippen LogP contribution in [0, 0.1) is 19.8 Å². The van der Waals surface area contributed by atoms with Gasteiger partial charge in [0.05, 0.1) is 6.20 Å². The first-order valence-electron chi connectivity index (χ1n) is 7.12. The van der Waals surface area contributed by atoms with Crippen LogP contribution in [0.15, 0.2) is 18.5 Å². The number of aromatic nitrogens is 5. The first-order valence-corrected chi connectivity index (χ1v) is 7.12. The van der Waals surface area contributed by atoms with Gasteiger partial charge in [0, 0.05) is 37.6 Å². The van der Waals surface area contributed by atoms with Crippen LogP contribution < -0.4 is 4.90 Å². The minimum absolute atomic E-state index is 0.678. The molecular formula is C14H20N6. The van der Waals surface area contributed by atoms with Crippen molar-refractivity contribution in [3.63, 3.8) is 0 Å². The van der Waals surface area contributed by atoms with E-state index in [9.17, 15) is 0 Å². The van der Waals surface area contributed by atoms with Crippen LogP contribution >= 0.6 is 0 Å². The maximum absolute atomic E-state index is 4.55. The Balaban J connectivity index is 1.60. The molecule has 3 heterocycles. The molecule has 0 N–H and O–H groups in total. The number of hydrogen-bond donors (Lipinski definition) is 0. The summed E-state index contributed by atoms with van der Waals surface area (Å²) in [7, 11) is 0. The van der Waals surface area contributed by atoms with Crippen molar-refractivity contribution in [3.8, 4) is 0 Å². The minimum Gasteiger partial charge on any atom is -0.356 e. The largest absolute Gasteiger partial charge is 0.356 e. The fourth-order valence-corrected chi connectivity index (χ4v) is 2.80. The van der Waals surface area contributed by atoms with E-state index in [4.69, 9.17) is 0 Å². The van der Waals surface area contributed by atoms with Gasteiger partial charge in [0.1, 0.15) is 11.6 Å². The fourth-order valence-electron chi connectivity index (χ4n) is 2.80. The standard InChI is InChI=1S/C14H20N6/c1-11-9-14(17-12(2)16-11)19-6-3-13(4-7-19)10-20-8-5-15-18-20/h5,8-9,13H,3-4,6-7,10H2,1-2H3. The zero-order valence-electron chi connectivity index (χ0n) is 12.0. The van der Waals surface area contributed by atoms with E-state index in [2.05, 4.69) is 31.2 Å². The topological polar surface area (TPSA) is 59.7 Å². The van der Waals surface area contributed by atoms with Gasteiger partial charge in [-0.25, -0.2) is 9.97 Å². The lowest BCUT2D eigenvalue weighted by Crippen LogP contribution is -2.35. The second kappa shape index (κ2) is 5.56. The SMILES string of the molecule is Cc1cc(N2CCC(Cn3ccnn3)CC2)nc(C)n1. The zero-order chi connectivity index (χ0) is 13.9. The highest BCUT2D eigenvalue weighted by molar-refractivity contribution is 5.40. The Bertz CT molecular complexity index is 537.